The quantitative estimate of drug-likeness (QED) is 0.474. The number of non-ortho nitro benzene ring substituents is 1. The molecule has 0 unspecified atom stereocenters. The van der Waals surface area contributed by atoms with Crippen LogP contribution < -0.4 is 0 Å². The Labute approximate surface area is 148 Å². The number of rotatable bonds is 4. The zero-order valence-electron chi connectivity index (χ0n) is 13.6. The summed E-state index contributed by atoms with van der Waals surface area (Å²) in [4.78, 5) is 23.5. The molecule has 0 saturated heterocycles. The van der Waals surface area contributed by atoms with Crippen LogP contribution in [0.25, 0.3) is 0 Å². The van der Waals surface area contributed by atoms with E-state index >= 15 is 0 Å². The Morgan fingerprint density at radius 3 is 2.60 bits per heavy atom. The highest BCUT2D eigenvalue weighted by molar-refractivity contribution is 7.98. The van der Waals surface area contributed by atoms with Gasteiger partial charge >= 0.3 is 0 Å². The molecule has 0 radical (unpaired) electrons. The average Bonchev–Trinajstić information content (AvgIpc) is 3.07. The van der Waals surface area contributed by atoms with E-state index in [-0.39, 0.29) is 17.5 Å². The van der Waals surface area contributed by atoms with Crippen LogP contribution in [0.1, 0.15) is 24.3 Å². The number of benzene rings is 2. The van der Waals surface area contributed by atoms with Crippen molar-refractivity contribution in [1.29, 1.82) is 0 Å². The van der Waals surface area contributed by atoms with Crippen LogP contribution >= 0.6 is 11.8 Å². The monoisotopic (exact) mass is 357 g/mol. The molecule has 8 heteroatoms. The minimum Gasteiger partial charge on any atom is -0.446 e. The van der Waals surface area contributed by atoms with Crippen molar-refractivity contribution in [1.82, 2.24) is 5.01 Å². The van der Waals surface area contributed by atoms with E-state index in [1.165, 1.54) is 24.1 Å². The molecule has 0 fully saturated rings. The summed E-state index contributed by atoms with van der Waals surface area (Å²) in [6.45, 7) is 1.40. The standard InChI is InChI=1S/C17H15N3O4S/c1-11(21)19-17(12-6-8-15(25-2)9-7-12)24-16(18-19)13-4-3-5-14(10-13)20(22)23/h3-10,17H,1-2H3/t17-/m1/s1. The van der Waals surface area contributed by atoms with Gasteiger partial charge in [-0.15, -0.1) is 16.9 Å². The fraction of sp³-hybridized carbons (Fsp3) is 0.176. The molecule has 2 aromatic rings. The number of amides is 1. The lowest BCUT2D eigenvalue weighted by molar-refractivity contribution is -0.384. The molecule has 1 aliphatic heterocycles. The molecule has 0 aliphatic carbocycles. The zero-order valence-corrected chi connectivity index (χ0v) is 14.4. The third-order valence-electron chi connectivity index (χ3n) is 3.67. The normalized spacial score (nSPS) is 16.3. The lowest BCUT2D eigenvalue weighted by Gasteiger charge is -2.19. The van der Waals surface area contributed by atoms with Gasteiger partial charge in [-0.3, -0.25) is 14.9 Å². The van der Waals surface area contributed by atoms with Gasteiger partial charge in [0, 0.05) is 35.1 Å². The minimum absolute atomic E-state index is 0.0639. The molecule has 128 valence electrons. The van der Waals surface area contributed by atoms with Gasteiger partial charge < -0.3 is 4.74 Å². The van der Waals surface area contributed by atoms with Crippen LogP contribution in [0.2, 0.25) is 0 Å². The molecule has 1 atom stereocenters. The number of hydrogen-bond donors (Lipinski definition) is 0. The Hall–Kier alpha value is -2.87. The molecule has 0 bridgehead atoms. The highest BCUT2D eigenvalue weighted by Crippen LogP contribution is 2.31. The lowest BCUT2D eigenvalue weighted by atomic mass is 10.2. The number of nitro groups is 1. The number of thioether (sulfide) groups is 1. The smallest absolute Gasteiger partial charge is 0.270 e. The van der Waals surface area contributed by atoms with Crippen LogP contribution in [0.15, 0.2) is 58.5 Å². The van der Waals surface area contributed by atoms with Gasteiger partial charge in [-0.2, -0.15) is 5.01 Å². The van der Waals surface area contributed by atoms with Crippen LogP contribution in [0.5, 0.6) is 0 Å². The number of hydrogen-bond acceptors (Lipinski definition) is 6. The Kier molecular flexibility index (Phi) is 4.71. The van der Waals surface area contributed by atoms with Gasteiger partial charge in [0.05, 0.1) is 4.92 Å². The highest BCUT2D eigenvalue weighted by atomic mass is 32.2. The third kappa shape index (κ3) is 3.48. The van der Waals surface area contributed by atoms with Crippen molar-refractivity contribution in [2.45, 2.75) is 18.0 Å². The summed E-state index contributed by atoms with van der Waals surface area (Å²) in [6.07, 6.45) is 1.29. The van der Waals surface area contributed by atoms with Crippen molar-refractivity contribution in [3.63, 3.8) is 0 Å². The van der Waals surface area contributed by atoms with Crippen molar-refractivity contribution in [2.24, 2.45) is 5.10 Å². The molecule has 3 rings (SSSR count). The summed E-state index contributed by atoms with van der Waals surface area (Å²) >= 11 is 1.62. The van der Waals surface area contributed by atoms with Gasteiger partial charge in [0.25, 0.3) is 5.69 Å². The number of carbonyl (C=O) groups is 1. The van der Waals surface area contributed by atoms with Crippen molar-refractivity contribution in [3.8, 4) is 0 Å². The molecule has 1 aliphatic rings. The van der Waals surface area contributed by atoms with Crippen molar-refractivity contribution >= 4 is 29.3 Å². The molecule has 0 spiro atoms. The van der Waals surface area contributed by atoms with Crippen LogP contribution in [-0.2, 0) is 9.53 Å². The first-order valence-electron chi connectivity index (χ1n) is 7.43. The topological polar surface area (TPSA) is 85.0 Å². The maximum Gasteiger partial charge on any atom is 0.270 e. The van der Waals surface area contributed by atoms with Crippen molar-refractivity contribution < 1.29 is 14.5 Å². The zero-order chi connectivity index (χ0) is 18.0. The summed E-state index contributed by atoms with van der Waals surface area (Å²) in [5.41, 5.74) is 1.16. The van der Waals surface area contributed by atoms with Gasteiger partial charge in [0.1, 0.15) is 0 Å². The molecule has 0 N–H and O–H groups in total. The van der Waals surface area contributed by atoms with Gasteiger partial charge in [-0.1, -0.05) is 18.2 Å². The molecule has 1 heterocycles. The maximum atomic E-state index is 11.9. The SMILES string of the molecule is CSc1ccc([C@H]2OC(c3cccc([N+](=O)[O-])c3)=NN2C(C)=O)cc1. The fourth-order valence-electron chi connectivity index (χ4n) is 2.42. The van der Waals surface area contributed by atoms with Crippen LogP contribution in [0.4, 0.5) is 5.69 Å². The molecule has 0 saturated carbocycles. The molecule has 25 heavy (non-hydrogen) atoms. The highest BCUT2D eigenvalue weighted by Gasteiger charge is 2.33. The maximum absolute atomic E-state index is 11.9. The first-order chi connectivity index (χ1) is 12.0. The predicted molar refractivity (Wildman–Crippen MR) is 94.2 cm³/mol. The van der Waals surface area contributed by atoms with Gasteiger partial charge in [0.2, 0.25) is 18.0 Å². The Morgan fingerprint density at radius 1 is 1.28 bits per heavy atom. The van der Waals surface area contributed by atoms with Gasteiger partial charge in [-0.25, -0.2) is 0 Å². The molecular formula is C17H15N3O4S. The Bertz CT molecular complexity index is 851. The molecule has 0 aromatic heterocycles. The van der Waals surface area contributed by atoms with E-state index in [0.717, 1.165) is 10.5 Å². The van der Waals surface area contributed by atoms with Crippen LogP contribution in [0, 0.1) is 10.1 Å². The summed E-state index contributed by atoms with van der Waals surface area (Å²) in [5.74, 6) is -0.0998. The second kappa shape index (κ2) is 6.94. The first-order valence-corrected chi connectivity index (χ1v) is 8.66. The largest absolute Gasteiger partial charge is 0.446 e. The van der Waals surface area contributed by atoms with E-state index in [0.29, 0.717) is 5.56 Å². The first kappa shape index (κ1) is 17.0. The van der Waals surface area contributed by atoms with E-state index in [9.17, 15) is 14.9 Å². The second-order valence-electron chi connectivity index (χ2n) is 5.32. The molecule has 7 nitrogen and oxygen atoms in total. The van der Waals surface area contributed by atoms with Crippen LogP contribution in [0.3, 0.4) is 0 Å². The number of carbonyl (C=O) groups excluding carboxylic acids is 1. The minimum atomic E-state index is -0.692. The predicted octanol–water partition coefficient (Wildman–Crippen LogP) is 3.56. The van der Waals surface area contributed by atoms with E-state index in [4.69, 9.17) is 4.74 Å². The number of hydrazone groups is 1. The number of nitro benzene ring substituents is 1. The van der Waals surface area contributed by atoms with E-state index in [2.05, 4.69) is 5.10 Å². The second-order valence-corrected chi connectivity index (χ2v) is 6.20. The third-order valence-corrected chi connectivity index (χ3v) is 4.42. The van der Waals surface area contributed by atoms with Crippen molar-refractivity contribution in [3.05, 3.63) is 69.8 Å². The fourth-order valence-corrected chi connectivity index (χ4v) is 2.83. The molecule has 2 aromatic carbocycles. The Balaban J connectivity index is 1.92. The van der Waals surface area contributed by atoms with Crippen molar-refractivity contribution in [2.75, 3.05) is 6.26 Å². The molecule has 1 amide bonds. The number of ether oxygens (including phenoxy) is 1. The molecular weight excluding hydrogens is 342 g/mol. The number of nitrogens with zero attached hydrogens (tertiary/aromatic N) is 3. The van der Waals surface area contributed by atoms with E-state index in [1.54, 1.807) is 23.9 Å². The van der Waals surface area contributed by atoms with E-state index in [1.807, 2.05) is 30.5 Å². The van der Waals surface area contributed by atoms with Gasteiger partial charge in [-0.05, 0) is 24.5 Å². The van der Waals surface area contributed by atoms with E-state index < -0.39 is 11.2 Å². The summed E-state index contributed by atoms with van der Waals surface area (Å²) < 4.78 is 5.84. The van der Waals surface area contributed by atoms with Gasteiger partial charge in [0.15, 0.2) is 0 Å². The summed E-state index contributed by atoms with van der Waals surface area (Å²) in [6, 6.07) is 13.6. The van der Waals surface area contributed by atoms with Crippen LogP contribution in [-0.4, -0.2) is 28.0 Å². The lowest BCUT2D eigenvalue weighted by Crippen LogP contribution is -2.25. The summed E-state index contributed by atoms with van der Waals surface area (Å²) in [5, 5.41) is 16.4. The summed E-state index contributed by atoms with van der Waals surface area (Å²) in [7, 11) is 0. The average molecular weight is 357 g/mol. The Morgan fingerprint density at radius 2 is 2.00 bits per heavy atom.